The molecule has 0 spiro atoms. The highest BCUT2D eigenvalue weighted by Gasteiger charge is 2.24. The standard InChI is InChI=1S/C16H16N2O/c1-17-14-9-5-3-7-12(14)11-13-8-4-6-10-15(13)18(2)16(17)19/h3-10H,11H2,1-2H3. The highest BCUT2D eigenvalue weighted by Crippen LogP contribution is 2.31. The summed E-state index contributed by atoms with van der Waals surface area (Å²) in [4.78, 5) is 15.9. The van der Waals surface area contributed by atoms with Gasteiger partial charge in [0, 0.05) is 31.9 Å². The van der Waals surface area contributed by atoms with Crippen molar-refractivity contribution >= 4 is 17.4 Å². The molecular weight excluding hydrogens is 236 g/mol. The van der Waals surface area contributed by atoms with E-state index in [1.807, 2.05) is 50.5 Å². The first-order valence-electron chi connectivity index (χ1n) is 6.35. The Bertz CT molecular complexity index is 583. The van der Waals surface area contributed by atoms with E-state index in [2.05, 4.69) is 12.1 Å². The van der Waals surface area contributed by atoms with E-state index in [0.29, 0.717) is 0 Å². The lowest BCUT2D eigenvalue weighted by Gasteiger charge is -2.30. The van der Waals surface area contributed by atoms with E-state index in [1.54, 1.807) is 9.80 Å². The molecule has 0 radical (unpaired) electrons. The second-order valence-corrected chi connectivity index (χ2v) is 4.83. The van der Waals surface area contributed by atoms with E-state index in [0.717, 1.165) is 17.8 Å². The van der Waals surface area contributed by atoms with Crippen LogP contribution in [0.3, 0.4) is 0 Å². The Morgan fingerprint density at radius 1 is 0.789 bits per heavy atom. The summed E-state index contributed by atoms with van der Waals surface area (Å²) in [6, 6.07) is 16.1. The maximum atomic E-state index is 12.5. The number of rotatable bonds is 0. The van der Waals surface area contributed by atoms with Crippen LogP contribution < -0.4 is 9.80 Å². The summed E-state index contributed by atoms with van der Waals surface area (Å²) in [6.45, 7) is 0. The number of anilines is 2. The molecule has 96 valence electrons. The number of para-hydroxylation sites is 2. The van der Waals surface area contributed by atoms with Crippen molar-refractivity contribution in [2.45, 2.75) is 6.42 Å². The van der Waals surface area contributed by atoms with Crippen LogP contribution in [0, 0.1) is 0 Å². The van der Waals surface area contributed by atoms with Gasteiger partial charge in [-0.2, -0.15) is 0 Å². The minimum absolute atomic E-state index is 0.0143. The van der Waals surface area contributed by atoms with Gasteiger partial charge in [0.1, 0.15) is 0 Å². The van der Waals surface area contributed by atoms with Crippen molar-refractivity contribution in [2.75, 3.05) is 23.9 Å². The zero-order chi connectivity index (χ0) is 13.4. The first-order valence-corrected chi connectivity index (χ1v) is 6.35. The van der Waals surface area contributed by atoms with Gasteiger partial charge in [-0.3, -0.25) is 9.80 Å². The number of carbonyl (C=O) groups excluding carboxylic acids is 1. The molecule has 0 aliphatic carbocycles. The summed E-state index contributed by atoms with van der Waals surface area (Å²) < 4.78 is 0. The largest absolute Gasteiger partial charge is 0.328 e. The van der Waals surface area contributed by atoms with Gasteiger partial charge < -0.3 is 0 Å². The Hall–Kier alpha value is -2.29. The fourth-order valence-electron chi connectivity index (χ4n) is 2.61. The first kappa shape index (κ1) is 11.8. The van der Waals surface area contributed by atoms with E-state index in [-0.39, 0.29) is 6.03 Å². The number of hydrogen-bond donors (Lipinski definition) is 0. The van der Waals surface area contributed by atoms with E-state index < -0.39 is 0 Å². The topological polar surface area (TPSA) is 23.6 Å². The van der Waals surface area contributed by atoms with Gasteiger partial charge in [-0.1, -0.05) is 36.4 Å². The van der Waals surface area contributed by atoms with E-state index in [1.165, 1.54) is 11.1 Å². The second-order valence-electron chi connectivity index (χ2n) is 4.83. The Labute approximate surface area is 113 Å². The van der Waals surface area contributed by atoms with Crippen LogP contribution in [0.25, 0.3) is 0 Å². The molecule has 0 N–H and O–H groups in total. The number of fused-ring (bicyclic) bond motifs is 2. The SMILES string of the molecule is CN1C(=O)N(C)c2ccccc2Cc2ccccc21. The normalized spacial score (nSPS) is 14.5. The lowest BCUT2D eigenvalue weighted by Crippen LogP contribution is -2.40. The predicted octanol–water partition coefficient (Wildman–Crippen LogP) is 3.28. The Morgan fingerprint density at radius 2 is 1.21 bits per heavy atom. The van der Waals surface area contributed by atoms with Crippen LogP contribution in [0.2, 0.25) is 0 Å². The van der Waals surface area contributed by atoms with Gasteiger partial charge in [0.25, 0.3) is 0 Å². The summed E-state index contributed by atoms with van der Waals surface area (Å²) in [6.07, 6.45) is 0.842. The average Bonchev–Trinajstić information content (AvgIpc) is 2.45. The lowest BCUT2D eigenvalue weighted by molar-refractivity contribution is 0.253. The molecule has 0 saturated heterocycles. The molecule has 1 aliphatic rings. The highest BCUT2D eigenvalue weighted by molar-refractivity contribution is 6.04. The van der Waals surface area contributed by atoms with Gasteiger partial charge in [0.2, 0.25) is 0 Å². The van der Waals surface area contributed by atoms with Crippen molar-refractivity contribution in [1.29, 1.82) is 0 Å². The minimum Gasteiger partial charge on any atom is -0.297 e. The number of urea groups is 1. The number of hydrogen-bond acceptors (Lipinski definition) is 1. The first-order chi connectivity index (χ1) is 9.18. The third-order valence-corrected chi connectivity index (χ3v) is 3.66. The molecule has 0 aromatic heterocycles. The Kier molecular flexibility index (Phi) is 2.75. The van der Waals surface area contributed by atoms with E-state index in [9.17, 15) is 4.79 Å². The van der Waals surface area contributed by atoms with Crippen molar-refractivity contribution in [1.82, 2.24) is 0 Å². The molecule has 0 fully saturated rings. The van der Waals surface area contributed by atoms with Crippen molar-refractivity contribution in [3.8, 4) is 0 Å². The van der Waals surface area contributed by atoms with Crippen LogP contribution in [-0.4, -0.2) is 20.1 Å². The fourth-order valence-corrected chi connectivity index (χ4v) is 2.61. The zero-order valence-electron chi connectivity index (χ0n) is 11.1. The maximum Gasteiger partial charge on any atom is 0.328 e. The van der Waals surface area contributed by atoms with Gasteiger partial charge in [0.15, 0.2) is 0 Å². The monoisotopic (exact) mass is 252 g/mol. The molecule has 3 rings (SSSR count). The third kappa shape index (κ3) is 1.87. The lowest BCUT2D eigenvalue weighted by atomic mass is 9.99. The molecule has 1 aliphatic heterocycles. The quantitative estimate of drug-likeness (QED) is 0.705. The molecular formula is C16H16N2O. The number of carbonyl (C=O) groups is 1. The van der Waals surface area contributed by atoms with Crippen LogP contribution in [0.4, 0.5) is 16.2 Å². The van der Waals surface area contributed by atoms with Crippen LogP contribution >= 0.6 is 0 Å². The maximum absolute atomic E-state index is 12.5. The summed E-state index contributed by atoms with van der Waals surface area (Å²) in [5, 5.41) is 0. The van der Waals surface area contributed by atoms with Crippen molar-refractivity contribution < 1.29 is 4.79 Å². The number of nitrogens with zero attached hydrogens (tertiary/aromatic N) is 2. The average molecular weight is 252 g/mol. The zero-order valence-corrected chi connectivity index (χ0v) is 11.1. The van der Waals surface area contributed by atoms with Crippen molar-refractivity contribution in [3.05, 3.63) is 59.7 Å². The molecule has 0 saturated carbocycles. The molecule has 0 unspecified atom stereocenters. The molecule has 0 atom stereocenters. The summed E-state index contributed by atoms with van der Waals surface area (Å²) in [5.41, 5.74) is 4.32. The molecule has 2 aromatic carbocycles. The predicted molar refractivity (Wildman–Crippen MR) is 77.9 cm³/mol. The number of benzene rings is 2. The smallest absolute Gasteiger partial charge is 0.297 e. The minimum atomic E-state index is -0.0143. The van der Waals surface area contributed by atoms with Gasteiger partial charge in [-0.05, 0) is 23.3 Å². The molecule has 3 nitrogen and oxygen atoms in total. The second kappa shape index (κ2) is 4.43. The van der Waals surface area contributed by atoms with Gasteiger partial charge in [-0.15, -0.1) is 0 Å². The summed E-state index contributed by atoms with van der Waals surface area (Å²) >= 11 is 0. The van der Waals surface area contributed by atoms with Crippen LogP contribution in [-0.2, 0) is 6.42 Å². The van der Waals surface area contributed by atoms with Crippen LogP contribution in [0.1, 0.15) is 11.1 Å². The summed E-state index contributed by atoms with van der Waals surface area (Å²) in [5.74, 6) is 0. The molecule has 2 aromatic rings. The highest BCUT2D eigenvalue weighted by atomic mass is 16.2. The third-order valence-electron chi connectivity index (χ3n) is 3.66. The molecule has 1 heterocycles. The molecule has 19 heavy (non-hydrogen) atoms. The van der Waals surface area contributed by atoms with E-state index in [4.69, 9.17) is 0 Å². The van der Waals surface area contributed by atoms with Crippen molar-refractivity contribution in [3.63, 3.8) is 0 Å². The van der Waals surface area contributed by atoms with Crippen LogP contribution in [0.15, 0.2) is 48.5 Å². The van der Waals surface area contributed by atoms with Gasteiger partial charge in [-0.25, -0.2) is 4.79 Å². The Balaban J connectivity index is 2.21. The summed E-state index contributed by atoms with van der Waals surface area (Å²) in [7, 11) is 3.65. The van der Waals surface area contributed by atoms with Crippen molar-refractivity contribution in [2.24, 2.45) is 0 Å². The Morgan fingerprint density at radius 3 is 1.68 bits per heavy atom. The fraction of sp³-hybridized carbons (Fsp3) is 0.188. The van der Waals surface area contributed by atoms with E-state index >= 15 is 0 Å². The molecule has 2 amide bonds. The number of amides is 2. The molecule has 3 heteroatoms. The van der Waals surface area contributed by atoms with Gasteiger partial charge >= 0.3 is 6.03 Å². The van der Waals surface area contributed by atoms with Gasteiger partial charge in [0.05, 0.1) is 0 Å². The van der Waals surface area contributed by atoms with Crippen LogP contribution in [0.5, 0.6) is 0 Å². The molecule has 0 bridgehead atoms.